The predicted octanol–water partition coefficient (Wildman–Crippen LogP) is 6.41. The molecule has 0 aliphatic heterocycles. The molecule has 2 aromatic carbocycles. The lowest BCUT2D eigenvalue weighted by molar-refractivity contribution is -0.142. The van der Waals surface area contributed by atoms with Gasteiger partial charge in [0.15, 0.2) is 0 Å². The summed E-state index contributed by atoms with van der Waals surface area (Å²) in [5, 5.41) is 4.50. The van der Waals surface area contributed by atoms with Crippen molar-refractivity contribution < 1.29 is 14.3 Å². The van der Waals surface area contributed by atoms with E-state index < -0.39 is 6.04 Å². The van der Waals surface area contributed by atoms with E-state index in [1.807, 2.05) is 31.2 Å². The minimum Gasteiger partial charge on any atom is -0.494 e. The van der Waals surface area contributed by atoms with E-state index in [2.05, 4.69) is 5.32 Å². The van der Waals surface area contributed by atoms with Gasteiger partial charge in [0.25, 0.3) is 0 Å². The zero-order chi connectivity index (χ0) is 24.3. The van der Waals surface area contributed by atoms with Gasteiger partial charge >= 0.3 is 0 Å². The van der Waals surface area contributed by atoms with Crippen molar-refractivity contribution in [1.82, 2.24) is 10.2 Å². The molecule has 0 spiro atoms. The van der Waals surface area contributed by atoms with E-state index in [4.69, 9.17) is 27.9 Å². The van der Waals surface area contributed by atoms with Gasteiger partial charge in [0.1, 0.15) is 11.8 Å². The van der Waals surface area contributed by atoms with Crippen LogP contribution in [0.5, 0.6) is 5.75 Å². The lowest BCUT2D eigenvalue weighted by Gasteiger charge is -2.33. The molecule has 1 fully saturated rings. The largest absolute Gasteiger partial charge is 0.494 e. The number of rotatable bonds is 11. The zero-order valence-corrected chi connectivity index (χ0v) is 21.3. The summed E-state index contributed by atoms with van der Waals surface area (Å²) in [7, 11) is 0. The Kier molecular flexibility index (Phi) is 10.5. The van der Waals surface area contributed by atoms with E-state index in [1.54, 1.807) is 29.2 Å². The van der Waals surface area contributed by atoms with Crippen LogP contribution < -0.4 is 10.1 Å². The number of hydrogen-bond donors (Lipinski definition) is 1. The summed E-state index contributed by atoms with van der Waals surface area (Å²) in [6.07, 6.45) is 6.94. The molecule has 0 unspecified atom stereocenters. The Morgan fingerprint density at radius 2 is 1.62 bits per heavy atom. The molecule has 1 aliphatic rings. The lowest BCUT2D eigenvalue weighted by atomic mass is 9.95. The molecule has 0 aromatic heterocycles. The molecule has 0 saturated heterocycles. The Labute approximate surface area is 212 Å². The highest BCUT2D eigenvalue weighted by atomic mass is 35.5. The maximum Gasteiger partial charge on any atom is 0.243 e. The molecule has 5 nitrogen and oxygen atoms in total. The summed E-state index contributed by atoms with van der Waals surface area (Å²) in [5.74, 6) is 0.600. The first-order valence-corrected chi connectivity index (χ1v) is 12.9. The number of nitrogens with zero attached hydrogens (tertiary/aromatic N) is 1. The van der Waals surface area contributed by atoms with Crippen molar-refractivity contribution in [3.8, 4) is 5.75 Å². The van der Waals surface area contributed by atoms with Crippen LogP contribution in [0.3, 0.4) is 0 Å². The van der Waals surface area contributed by atoms with Crippen LogP contribution in [0.25, 0.3) is 0 Å². The highest BCUT2D eigenvalue weighted by Crippen LogP contribution is 2.20. The van der Waals surface area contributed by atoms with Gasteiger partial charge < -0.3 is 15.0 Å². The van der Waals surface area contributed by atoms with Gasteiger partial charge in [-0.2, -0.15) is 0 Å². The number of halogens is 2. The molecule has 0 radical (unpaired) electrons. The van der Waals surface area contributed by atoms with Crippen LogP contribution in [0.15, 0.2) is 48.5 Å². The number of carbonyl (C=O) groups is 2. The van der Waals surface area contributed by atoms with Crippen molar-refractivity contribution in [2.24, 2.45) is 0 Å². The Bertz CT molecular complexity index is 912. The van der Waals surface area contributed by atoms with E-state index in [9.17, 15) is 9.59 Å². The summed E-state index contributed by atoms with van der Waals surface area (Å²) in [5.41, 5.74) is 0.944. The molecule has 0 bridgehead atoms. The van der Waals surface area contributed by atoms with Crippen molar-refractivity contribution in [2.45, 2.75) is 76.9 Å². The number of benzene rings is 2. The molecule has 34 heavy (non-hydrogen) atoms. The van der Waals surface area contributed by atoms with E-state index >= 15 is 0 Å². The standard InChI is InChI=1S/C27H34Cl2N2O3/c1-2-25(27(33)30-23-7-4-3-5-8-23)31(19-20-10-12-21(28)13-11-20)26(32)9-6-18-34-24-16-14-22(29)15-17-24/h10-17,23,25H,2-9,18-19H2,1H3,(H,30,33)/t25-/m1/s1. The number of hydrogen-bond acceptors (Lipinski definition) is 3. The van der Waals surface area contributed by atoms with E-state index in [-0.39, 0.29) is 17.9 Å². The van der Waals surface area contributed by atoms with Gasteiger partial charge in [-0.3, -0.25) is 9.59 Å². The molecule has 1 aliphatic carbocycles. The molecule has 1 saturated carbocycles. The fourth-order valence-electron chi connectivity index (χ4n) is 4.34. The highest BCUT2D eigenvalue weighted by molar-refractivity contribution is 6.30. The van der Waals surface area contributed by atoms with E-state index in [0.29, 0.717) is 48.2 Å². The summed E-state index contributed by atoms with van der Waals surface area (Å²) in [6.45, 7) is 2.73. The average molecular weight is 505 g/mol. The second-order valence-electron chi connectivity index (χ2n) is 8.82. The van der Waals surface area contributed by atoms with E-state index in [0.717, 1.165) is 31.2 Å². The first-order valence-electron chi connectivity index (χ1n) is 12.2. The number of amides is 2. The zero-order valence-electron chi connectivity index (χ0n) is 19.8. The summed E-state index contributed by atoms with van der Waals surface area (Å²) in [6, 6.07) is 14.3. The van der Waals surface area contributed by atoms with Gasteiger partial charge in [-0.25, -0.2) is 0 Å². The van der Waals surface area contributed by atoms with Gasteiger partial charge in [0.05, 0.1) is 6.61 Å². The Morgan fingerprint density at radius 3 is 2.24 bits per heavy atom. The average Bonchev–Trinajstić information content (AvgIpc) is 2.84. The molecular weight excluding hydrogens is 471 g/mol. The Hall–Kier alpha value is -2.24. The Balaban J connectivity index is 1.63. The molecule has 0 heterocycles. The fraction of sp³-hybridized carbons (Fsp3) is 0.481. The van der Waals surface area contributed by atoms with Crippen molar-refractivity contribution in [3.05, 3.63) is 64.1 Å². The van der Waals surface area contributed by atoms with Gasteiger partial charge in [-0.15, -0.1) is 0 Å². The Morgan fingerprint density at radius 1 is 1.00 bits per heavy atom. The second kappa shape index (κ2) is 13.6. The summed E-state index contributed by atoms with van der Waals surface area (Å²) < 4.78 is 5.73. The molecular formula is C27H34Cl2N2O3. The van der Waals surface area contributed by atoms with Crippen molar-refractivity contribution in [3.63, 3.8) is 0 Å². The smallest absolute Gasteiger partial charge is 0.243 e. The van der Waals surface area contributed by atoms with Gasteiger partial charge in [-0.1, -0.05) is 61.5 Å². The van der Waals surface area contributed by atoms with Crippen molar-refractivity contribution >= 4 is 35.0 Å². The minimum atomic E-state index is -0.512. The van der Waals surface area contributed by atoms with Crippen LogP contribution in [0, 0.1) is 0 Å². The molecule has 2 aromatic rings. The predicted molar refractivity (Wildman–Crippen MR) is 137 cm³/mol. The van der Waals surface area contributed by atoms with Crippen molar-refractivity contribution in [2.75, 3.05) is 6.61 Å². The van der Waals surface area contributed by atoms with Crippen molar-refractivity contribution in [1.29, 1.82) is 0 Å². The molecule has 2 amide bonds. The first-order chi connectivity index (χ1) is 16.5. The van der Waals surface area contributed by atoms with Gasteiger partial charge in [0.2, 0.25) is 11.8 Å². The number of carbonyl (C=O) groups excluding carboxylic acids is 2. The third kappa shape index (κ3) is 8.21. The third-order valence-electron chi connectivity index (χ3n) is 6.22. The van der Waals surface area contributed by atoms with Crippen LogP contribution in [-0.4, -0.2) is 35.4 Å². The summed E-state index contributed by atoms with van der Waals surface area (Å²) in [4.78, 5) is 28.2. The maximum atomic E-state index is 13.3. The lowest BCUT2D eigenvalue weighted by Crippen LogP contribution is -2.51. The molecule has 3 rings (SSSR count). The normalized spacial score (nSPS) is 14.9. The van der Waals surface area contributed by atoms with Gasteiger partial charge in [0, 0.05) is 29.1 Å². The minimum absolute atomic E-state index is 0.0553. The first kappa shape index (κ1) is 26.4. The third-order valence-corrected chi connectivity index (χ3v) is 6.72. The topological polar surface area (TPSA) is 58.6 Å². The summed E-state index contributed by atoms with van der Waals surface area (Å²) >= 11 is 11.9. The van der Waals surface area contributed by atoms with Crippen LogP contribution in [0.1, 0.15) is 63.9 Å². The van der Waals surface area contributed by atoms with E-state index in [1.165, 1.54) is 6.42 Å². The quantitative estimate of drug-likeness (QED) is 0.359. The van der Waals surface area contributed by atoms with Gasteiger partial charge in [-0.05, 0) is 67.6 Å². The molecule has 184 valence electrons. The monoisotopic (exact) mass is 504 g/mol. The van der Waals surface area contributed by atoms with Crippen LogP contribution >= 0.6 is 23.2 Å². The second-order valence-corrected chi connectivity index (χ2v) is 9.69. The maximum absolute atomic E-state index is 13.3. The van der Waals surface area contributed by atoms with Crippen LogP contribution in [0.2, 0.25) is 10.0 Å². The molecule has 1 atom stereocenters. The fourth-order valence-corrected chi connectivity index (χ4v) is 4.59. The van der Waals surface area contributed by atoms with Crippen LogP contribution in [0.4, 0.5) is 0 Å². The highest BCUT2D eigenvalue weighted by Gasteiger charge is 2.30. The SMILES string of the molecule is CC[C@H](C(=O)NC1CCCCC1)N(Cc1ccc(Cl)cc1)C(=O)CCCOc1ccc(Cl)cc1. The number of ether oxygens (including phenoxy) is 1. The number of nitrogens with one attached hydrogen (secondary N) is 1. The molecule has 1 N–H and O–H groups in total. The van der Waals surface area contributed by atoms with Crippen LogP contribution in [-0.2, 0) is 16.1 Å². The molecule has 7 heteroatoms.